The molecule has 0 unspecified atom stereocenters. The van der Waals surface area contributed by atoms with Crippen LogP contribution in [0.2, 0.25) is 0 Å². The molecular weight excluding hydrogens is 232 g/mol. The Morgan fingerprint density at radius 2 is 1.94 bits per heavy atom. The highest BCUT2D eigenvalue weighted by atomic mass is 32.1. The predicted molar refractivity (Wildman–Crippen MR) is 79.2 cm³/mol. The second-order valence-electron chi connectivity index (χ2n) is 3.75. The van der Waals surface area contributed by atoms with Gasteiger partial charge in [-0.05, 0) is 17.3 Å². The van der Waals surface area contributed by atoms with Gasteiger partial charge in [-0.1, -0.05) is 39.0 Å². The first kappa shape index (κ1) is 18.2. The predicted octanol–water partition coefficient (Wildman–Crippen LogP) is 2.33. The van der Waals surface area contributed by atoms with Crippen molar-refractivity contribution in [1.29, 1.82) is 0 Å². The molecule has 1 rings (SSSR count). The number of piperidine rings is 1. The molecule has 0 aromatic heterocycles. The van der Waals surface area contributed by atoms with E-state index >= 15 is 0 Å². The van der Waals surface area contributed by atoms with Crippen molar-refractivity contribution in [3.05, 3.63) is 36.1 Å². The summed E-state index contributed by atoms with van der Waals surface area (Å²) in [5.74, 6) is 0.124. The maximum Gasteiger partial charge on any atom is 0.227 e. The lowest BCUT2D eigenvalue weighted by Gasteiger charge is -2.26. The van der Waals surface area contributed by atoms with Gasteiger partial charge in [-0.2, -0.15) is 13.5 Å². The highest BCUT2D eigenvalue weighted by molar-refractivity contribution is 7.59. The van der Waals surface area contributed by atoms with Crippen LogP contribution in [0.5, 0.6) is 0 Å². The number of nitrogens with zero attached hydrogens (tertiary/aromatic N) is 1. The smallest absolute Gasteiger partial charge is 0.227 e. The van der Waals surface area contributed by atoms with Gasteiger partial charge < -0.3 is 10.6 Å². The third kappa shape index (κ3) is 6.22. The van der Waals surface area contributed by atoms with Gasteiger partial charge in [0.05, 0.1) is 6.42 Å². The summed E-state index contributed by atoms with van der Waals surface area (Å²) < 4.78 is 0. The van der Waals surface area contributed by atoms with Gasteiger partial charge in [0.15, 0.2) is 0 Å². The molecule has 1 fully saturated rings. The fraction of sp³-hybridized carbons (Fsp3) is 0.462. The summed E-state index contributed by atoms with van der Waals surface area (Å²) >= 11 is 0. The van der Waals surface area contributed by atoms with E-state index in [-0.39, 0.29) is 19.4 Å². The minimum atomic E-state index is 0. The average Bonchev–Trinajstić information content (AvgIpc) is 2.24. The lowest BCUT2D eigenvalue weighted by Crippen LogP contribution is -2.34. The molecule has 98 valence electrons. The molecule has 1 aliphatic rings. The number of rotatable bonds is 1. The summed E-state index contributed by atoms with van der Waals surface area (Å²) in [4.78, 5) is 13.0. The van der Waals surface area contributed by atoms with Gasteiger partial charge in [-0.3, -0.25) is 4.79 Å². The molecule has 0 spiro atoms. The first-order valence-corrected chi connectivity index (χ1v) is 5.57. The normalized spacial score (nSPS) is 19.5. The molecule has 0 saturated carbocycles. The van der Waals surface area contributed by atoms with Crippen molar-refractivity contribution < 1.29 is 4.79 Å². The average molecular weight is 256 g/mol. The molecule has 2 N–H and O–H groups in total. The molecule has 1 aliphatic heterocycles. The Kier molecular flexibility index (Phi) is 10.7. The number of hydrogen-bond acceptors (Lipinski definition) is 2. The van der Waals surface area contributed by atoms with Crippen molar-refractivity contribution in [2.45, 2.75) is 26.7 Å². The maximum absolute atomic E-state index is 11.3. The van der Waals surface area contributed by atoms with Crippen LogP contribution in [0.15, 0.2) is 36.1 Å². The molecule has 0 atom stereocenters. The van der Waals surface area contributed by atoms with E-state index in [4.69, 9.17) is 5.73 Å². The third-order valence-corrected chi connectivity index (χ3v) is 2.11. The highest BCUT2D eigenvalue weighted by Gasteiger charge is 2.21. The molecule has 1 heterocycles. The molecular formula is C13H24N2OS. The number of nitrogens with two attached hydrogens (primary N) is 1. The SMILES string of the molecule is C=C/C=C1/CC(=O)N(C)C/C1=C/N.CCC.S. The van der Waals surface area contributed by atoms with Gasteiger partial charge in [-0.15, -0.1) is 0 Å². The maximum atomic E-state index is 11.3. The number of carbonyl (C=O) groups is 1. The van der Waals surface area contributed by atoms with Crippen molar-refractivity contribution in [3.63, 3.8) is 0 Å². The van der Waals surface area contributed by atoms with Gasteiger partial charge in [0, 0.05) is 13.6 Å². The number of likely N-dealkylation sites (tertiary alicyclic amines) is 1. The molecule has 0 radical (unpaired) electrons. The van der Waals surface area contributed by atoms with Crippen LogP contribution in [-0.4, -0.2) is 24.4 Å². The molecule has 0 bridgehead atoms. The zero-order valence-electron chi connectivity index (χ0n) is 11.0. The van der Waals surface area contributed by atoms with Crippen LogP contribution in [0, 0.1) is 0 Å². The lowest BCUT2D eigenvalue weighted by molar-refractivity contribution is -0.129. The van der Waals surface area contributed by atoms with Gasteiger partial charge in [0.1, 0.15) is 0 Å². The Labute approximate surface area is 112 Å². The molecule has 0 aromatic rings. The van der Waals surface area contributed by atoms with Crippen molar-refractivity contribution in [3.8, 4) is 0 Å². The van der Waals surface area contributed by atoms with E-state index in [1.54, 1.807) is 24.2 Å². The van der Waals surface area contributed by atoms with Crippen LogP contribution in [0.3, 0.4) is 0 Å². The summed E-state index contributed by atoms with van der Waals surface area (Å²) in [6.45, 7) is 8.44. The number of carbonyl (C=O) groups excluding carboxylic acids is 1. The topological polar surface area (TPSA) is 46.3 Å². The summed E-state index contributed by atoms with van der Waals surface area (Å²) in [6.07, 6.45) is 6.74. The monoisotopic (exact) mass is 256 g/mol. The van der Waals surface area contributed by atoms with Gasteiger partial charge in [-0.25, -0.2) is 0 Å². The Hall–Kier alpha value is -1.16. The zero-order valence-corrected chi connectivity index (χ0v) is 12.0. The highest BCUT2D eigenvalue weighted by Crippen LogP contribution is 2.21. The first-order chi connectivity index (χ1) is 7.60. The van der Waals surface area contributed by atoms with E-state index in [1.165, 1.54) is 6.42 Å². The third-order valence-electron chi connectivity index (χ3n) is 2.11. The number of likely N-dealkylation sites (N-methyl/N-ethyl adjacent to an activating group) is 1. The Balaban J connectivity index is 0. The van der Waals surface area contributed by atoms with Crippen LogP contribution >= 0.6 is 13.5 Å². The van der Waals surface area contributed by atoms with E-state index < -0.39 is 0 Å². The Morgan fingerprint density at radius 3 is 2.35 bits per heavy atom. The van der Waals surface area contributed by atoms with Crippen LogP contribution < -0.4 is 5.73 Å². The lowest BCUT2D eigenvalue weighted by atomic mass is 9.98. The number of hydrogen-bond donors (Lipinski definition) is 1. The largest absolute Gasteiger partial charge is 0.404 e. The second-order valence-corrected chi connectivity index (χ2v) is 3.75. The molecule has 4 heteroatoms. The quantitative estimate of drug-likeness (QED) is 0.782. The van der Waals surface area contributed by atoms with Gasteiger partial charge >= 0.3 is 0 Å². The fourth-order valence-corrected chi connectivity index (χ4v) is 1.32. The summed E-state index contributed by atoms with van der Waals surface area (Å²) in [5, 5.41) is 0. The van der Waals surface area contributed by atoms with Crippen molar-refractivity contribution in [2.75, 3.05) is 13.6 Å². The molecule has 1 saturated heterocycles. The van der Waals surface area contributed by atoms with Crippen molar-refractivity contribution in [2.24, 2.45) is 5.73 Å². The molecule has 3 nitrogen and oxygen atoms in total. The Morgan fingerprint density at radius 1 is 1.41 bits per heavy atom. The zero-order chi connectivity index (χ0) is 12.6. The second kappa shape index (κ2) is 10.0. The van der Waals surface area contributed by atoms with Gasteiger partial charge in [0.2, 0.25) is 5.91 Å². The van der Waals surface area contributed by atoms with Crippen LogP contribution in [-0.2, 0) is 4.79 Å². The minimum Gasteiger partial charge on any atom is -0.404 e. The number of allylic oxidation sites excluding steroid dienone is 2. The molecule has 17 heavy (non-hydrogen) atoms. The van der Waals surface area contributed by atoms with E-state index in [1.807, 2.05) is 6.08 Å². The summed E-state index contributed by atoms with van der Waals surface area (Å²) in [6, 6.07) is 0. The Bertz CT molecular complexity index is 309. The first-order valence-electron chi connectivity index (χ1n) is 5.57. The number of amides is 1. The summed E-state index contributed by atoms with van der Waals surface area (Å²) in [5.41, 5.74) is 7.43. The van der Waals surface area contributed by atoms with E-state index in [0.717, 1.165) is 11.1 Å². The van der Waals surface area contributed by atoms with Crippen molar-refractivity contribution in [1.82, 2.24) is 4.90 Å². The van der Waals surface area contributed by atoms with E-state index in [2.05, 4.69) is 20.4 Å². The molecule has 1 amide bonds. The van der Waals surface area contributed by atoms with Crippen molar-refractivity contribution >= 4 is 19.4 Å². The van der Waals surface area contributed by atoms with E-state index in [0.29, 0.717) is 13.0 Å². The standard InChI is InChI=1S/C10H14N2O.C3H8.H2S/c1-3-4-8-5-10(13)12(2)7-9(8)6-11;1-3-2;/h3-4,6H,1,5,7,11H2,2H3;3H2,1-2H3;1H2/b8-4-,9-6-;;. The van der Waals surface area contributed by atoms with Crippen LogP contribution in [0.25, 0.3) is 0 Å². The molecule has 0 aliphatic carbocycles. The minimum absolute atomic E-state index is 0. The molecule has 0 aromatic carbocycles. The van der Waals surface area contributed by atoms with Crippen LogP contribution in [0.4, 0.5) is 0 Å². The van der Waals surface area contributed by atoms with E-state index in [9.17, 15) is 4.79 Å². The summed E-state index contributed by atoms with van der Waals surface area (Å²) in [7, 11) is 1.77. The fourth-order valence-electron chi connectivity index (χ4n) is 1.32. The van der Waals surface area contributed by atoms with Crippen LogP contribution in [0.1, 0.15) is 26.7 Å². The van der Waals surface area contributed by atoms with Gasteiger partial charge in [0.25, 0.3) is 0 Å².